The number of aryl methyl sites for hydroxylation is 1. The number of amides is 1. The highest BCUT2D eigenvalue weighted by molar-refractivity contribution is 7.92. The molecule has 0 unspecified atom stereocenters. The van der Waals surface area contributed by atoms with E-state index in [1.54, 1.807) is 19.1 Å². The monoisotopic (exact) mass is 448 g/mol. The van der Waals surface area contributed by atoms with Crippen molar-refractivity contribution in [3.05, 3.63) is 53.6 Å². The largest absolute Gasteiger partial charge is 0.495 e. The Bertz CT molecular complexity index is 1000. The van der Waals surface area contributed by atoms with Crippen LogP contribution in [0.5, 0.6) is 11.5 Å². The lowest BCUT2D eigenvalue weighted by Gasteiger charge is -2.29. The molecule has 0 bridgehead atoms. The van der Waals surface area contributed by atoms with Gasteiger partial charge >= 0.3 is 0 Å². The van der Waals surface area contributed by atoms with Gasteiger partial charge in [0.05, 0.1) is 25.6 Å². The van der Waals surface area contributed by atoms with Gasteiger partial charge < -0.3 is 14.8 Å². The van der Waals surface area contributed by atoms with Gasteiger partial charge in [0.25, 0.3) is 0 Å². The molecule has 0 aliphatic heterocycles. The van der Waals surface area contributed by atoms with Crippen molar-refractivity contribution in [3.63, 3.8) is 0 Å². The maximum Gasteiger partial charge on any atom is 0.243 e. The Balaban J connectivity index is 2.09. The number of ether oxygens (including phenoxy) is 2. The van der Waals surface area contributed by atoms with Crippen molar-refractivity contribution in [3.8, 4) is 11.5 Å². The molecule has 0 aliphatic carbocycles. The molecule has 2 rings (SSSR count). The highest BCUT2D eigenvalue weighted by Gasteiger charge is 2.31. The maximum atomic E-state index is 12.8. The van der Waals surface area contributed by atoms with Gasteiger partial charge in [0.15, 0.2) is 0 Å². The number of anilines is 1. The maximum absolute atomic E-state index is 12.8. The number of hydrogen-bond donors (Lipinski definition) is 1. The van der Waals surface area contributed by atoms with E-state index in [0.29, 0.717) is 17.4 Å². The molecule has 0 heterocycles. The third-order valence-electron chi connectivity index (χ3n) is 4.86. The first-order chi connectivity index (χ1) is 14.6. The molecule has 0 aromatic heterocycles. The van der Waals surface area contributed by atoms with E-state index in [-0.39, 0.29) is 13.2 Å². The predicted octanol–water partition coefficient (Wildman–Crippen LogP) is 3.48. The van der Waals surface area contributed by atoms with Gasteiger partial charge in [-0.3, -0.25) is 9.10 Å². The van der Waals surface area contributed by atoms with E-state index in [1.807, 2.05) is 37.3 Å². The highest BCUT2D eigenvalue weighted by Crippen LogP contribution is 2.32. The van der Waals surface area contributed by atoms with Crippen molar-refractivity contribution in [2.45, 2.75) is 39.7 Å². The lowest BCUT2D eigenvalue weighted by atomic mass is 10.0. The van der Waals surface area contributed by atoms with Crippen LogP contribution in [0.1, 0.15) is 37.8 Å². The number of rotatable bonds is 10. The van der Waals surface area contributed by atoms with Gasteiger partial charge in [0.1, 0.15) is 24.1 Å². The van der Waals surface area contributed by atoms with Crippen molar-refractivity contribution in [2.75, 3.05) is 30.8 Å². The van der Waals surface area contributed by atoms with Crippen LogP contribution in [0.4, 0.5) is 5.69 Å². The molecule has 7 nitrogen and oxygen atoms in total. The lowest BCUT2D eigenvalue weighted by Crippen LogP contribution is -2.48. The Morgan fingerprint density at radius 1 is 1.10 bits per heavy atom. The molecule has 0 spiro atoms. The molecular weight excluding hydrogens is 416 g/mol. The molecule has 1 amide bonds. The number of carbonyl (C=O) groups excluding carboxylic acids is 1. The molecule has 170 valence electrons. The van der Waals surface area contributed by atoms with E-state index in [0.717, 1.165) is 27.4 Å². The number of sulfonamides is 1. The summed E-state index contributed by atoms with van der Waals surface area (Å²) in [6.45, 7) is 8.09. The van der Waals surface area contributed by atoms with E-state index in [1.165, 1.54) is 7.11 Å². The summed E-state index contributed by atoms with van der Waals surface area (Å²) in [5.74, 6) is 1.06. The molecule has 2 aromatic carbocycles. The van der Waals surface area contributed by atoms with Crippen molar-refractivity contribution >= 4 is 21.6 Å². The minimum atomic E-state index is -3.74. The van der Waals surface area contributed by atoms with Crippen molar-refractivity contribution in [2.24, 2.45) is 0 Å². The van der Waals surface area contributed by atoms with E-state index >= 15 is 0 Å². The first-order valence-corrected chi connectivity index (χ1v) is 12.0. The van der Waals surface area contributed by atoms with Gasteiger partial charge in [-0.2, -0.15) is 0 Å². The minimum Gasteiger partial charge on any atom is -0.495 e. The molecule has 0 saturated carbocycles. The lowest BCUT2D eigenvalue weighted by molar-refractivity contribution is -0.121. The minimum absolute atomic E-state index is 0.248. The third kappa shape index (κ3) is 6.37. The number of hydrogen-bond acceptors (Lipinski definition) is 5. The summed E-state index contributed by atoms with van der Waals surface area (Å²) in [5.41, 5.74) is 2.28. The van der Waals surface area contributed by atoms with Crippen molar-refractivity contribution in [1.82, 2.24) is 5.32 Å². The molecular formula is C23H32N2O5S. The Morgan fingerprint density at radius 3 is 2.39 bits per heavy atom. The second-order valence-electron chi connectivity index (χ2n) is 7.74. The Hall–Kier alpha value is -2.74. The summed E-state index contributed by atoms with van der Waals surface area (Å²) in [5, 5.41) is 2.76. The van der Waals surface area contributed by atoms with Gasteiger partial charge in [-0.25, -0.2) is 8.42 Å². The topological polar surface area (TPSA) is 84.9 Å². The molecule has 0 fully saturated rings. The standard InChI is InChI=1S/C23H32N2O5S/c1-16(2)19-9-7-8-10-21(19)30-14-13-24-23(26)18(4)25(31(6,27)28)20-15-17(3)11-12-22(20)29-5/h7-12,15-16,18H,13-14H2,1-6H3,(H,24,26)/t18-/m0/s1. The smallest absolute Gasteiger partial charge is 0.243 e. The molecule has 1 atom stereocenters. The number of nitrogens with one attached hydrogen (secondary N) is 1. The zero-order valence-electron chi connectivity index (χ0n) is 19.0. The fourth-order valence-corrected chi connectivity index (χ4v) is 4.50. The van der Waals surface area contributed by atoms with Crippen molar-refractivity contribution < 1.29 is 22.7 Å². The summed E-state index contributed by atoms with van der Waals surface area (Å²) in [7, 11) is -2.28. The van der Waals surface area contributed by atoms with Crippen LogP contribution in [-0.2, 0) is 14.8 Å². The van der Waals surface area contributed by atoms with Gasteiger partial charge in [0, 0.05) is 0 Å². The highest BCUT2D eigenvalue weighted by atomic mass is 32.2. The van der Waals surface area contributed by atoms with Crippen LogP contribution in [0.25, 0.3) is 0 Å². The predicted molar refractivity (Wildman–Crippen MR) is 124 cm³/mol. The average Bonchev–Trinajstić information content (AvgIpc) is 2.70. The Labute approximate surface area is 185 Å². The fraction of sp³-hybridized carbons (Fsp3) is 0.435. The van der Waals surface area contributed by atoms with Crippen LogP contribution >= 0.6 is 0 Å². The SMILES string of the molecule is COc1ccc(C)cc1N([C@@H](C)C(=O)NCCOc1ccccc1C(C)C)S(C)(=O)=O. The third-order valence-corrected chi connectivity index (χ3v) is 6.09. The Kier molecular flexibility index (Phi) is 8.33. The van der Waals surface area contributed by atoms with E-state index in [4.69, 9.17) is 9.47 Å². The second kappa shape index (κ2) is 10.5. The van der Waals surface area contributed by atoms with Crippen LogP contribution in [0, 0.1) is 6.92 Å². The Morgan fingerprint density at radius 2 is 1.77 bits per heavy atom. The van der Waals surface area contributed by atoms with Crippen LogP contribution in [0.2, 0.25) is 0 Å². The zero-order chi connectivity index (χ0) is 23.2. The summed E-state index contributed by atoms with van der Waals surface area (Å²) < 4.78 is 37.3. The number of benzene rings is 2. The molecule has 2 aromatic rings. The normalized spacial score (nSPS) is 12.4. The number of methoxy groups -OCH3 is 1. The summed E-state index contributed by atoms with van der Waals surface area (Å²) in [4.78, 5) is 12.8. The summed E-state index contributed by atoms with van der Waals surface area (Å²) >= 11 is 0. The molecule has 8 heteroatoms. The number of nitrogens with zero attached hydrogens (tertiary/aromatic N) is 1. The molecule has 1 N–H and O–H groups in total. The summed E-state index contributed by atoms with van der Waals surface area (Å²) in [6, 6.07) is 12.0. The van der Waals surface area contributed by atoms with Crippen molar-refractivity contribution in [1.29, 1.82) is 0 Å². The first kappa shape index (κ1) is 24.5. The van der Waals surface area contributed by atoms with Gasteiger partial charge in [0.2, 0.25) is 15.9 Å². The van der Waals surface area contributed by atoms with E-state index < -0.39 is 22.0 Å². The summed E-state index contributed by atoms with van der Waals surface area (Å²) in [6.07, 6.45) is 1.07. The van der Waals surface area contributed by atoms with E-state index in [9.17, 15) is 13.2 Å². The number of para-hydroxylation sites is 1. The van der Waals surface area contributed by atoms with Crippen LogP contribution in [0.15, 0.2) is 42.5 Å². The van der Waals surface area contributed by atoms with Crippen LogP contribution < -0.4 is 19.1 Å². The second-order valence-corrected chi connectivity index (χ2v) is 9.60. The molecule has 0 aliphatic rings. The quantitative estimate of drug-likeness (QED) is 0.563. The van der Waals surface area contributed by atoms with Gasteiger partial charge in [-0.15, -0.1) is 0 Å². The van der Waals surface area contributed by atoms with Gasteiger partial charge in [-0.1, -0.05) is 38.1 Å². The zero-order valence-corrected chi connectivity index (χ0v) is 19.8. The average molecular weight is 449 g/mol. The fourth-order valence-electron chi connectivity index (χ4n) is 3.33. The first-order valence-electron chi connectivity index (χ1n) is 10.2. The number of carbonyl (C=O) groups is 1. The van der Waals surface area contributed by atoms with E-state index in [2.05, 4.69) is 19.2 Å². The van der Waals surface area contributed by atoms with Crippen LogP contribution in [0.3, 0.4) is 0 Å². The molecule has 31 heavy (non-hydrogen) atoms. The van der Waals surface area contributed by atoms with Gasteiger partial charge in [-0.05, 0) is 49.1 Å². The molecule has 0 saturated heterocycles. The van der Waals surface area contributed by atoms with Crippen LogP contribution in [-0.4, -0.2) is 46.9 Å². The molecule has 0 radical (unpaired) electrons.